The third kappa shape index (κ3) is 12.3. The van der Waals surface area contributed by atoms with E-state index in [1.165, 1.54) is 21.6 Å². The summed E-state index contributed by atoms with van der Waals surface area (Å²) in [5.74, 6) is -4.72. The molecule has 4 atom stereocenters. The number of ketones is 1. The lowest BCUT2D eigenvalue weighted by atomic mass is 9.94. The lowest BCUT2D eigenvalue weighted by Gasteiger charge is -2.35. The molecule has 1 saturated heterocycles. The molecule has 2 aromatic rings. The smallest absolute Gasteiger partial charge is 0.407 e. The molecule has 51 heavy (non-hydrogen) atoms. The quantitative estimate of drug-likeness (QED) is 0.147. The molecular weight excluding hydrogens is 675 g/mol. The molecule has 1 fully saturated rings. The molecule has 0 unspecified atom stereocenters. The number of alkyl carbamates (subject to hydrolysis) is 1. The predicted octanol–water partition coefficient (Wildman–Crippen LogP) is 4.27. The standard InChI is InChI=1S/C37H51N5O8S/c1-23(2)29(40-35(47)41(8)20-19-38-36(48)50-37(5,6)7)32(45)42-28(22-51-33(42)26-17-13-10-14-18-26)39-31(44)27(21-25-15-11-9-12-16-25)30(43)34(46)49-24(3)4/h9-18,23-24,27-29,33H,19-22H2,1-8H3,(H,38,48)(H,39,44)(H,40,47)/t27-,28+,29-,33+/m0/s1. The number of rotatable bonds is 14. The first-order valence-corrected chi connectivity index (χ1v) is 18.1. The Hall–Kier alpha value is -4.59. The number of urea groups is 1. The number of nitrogens with one attached hydrogen (secondary N) is 3. The molecule has 13 nitrogen and oxygen atoms in total. The van der Waals surface area contributed by atoms with Crippen LogP contribution in [0.15, 0.2) is 60.7 Å². The number of nitrogens with zero attached hydrogens (tertiary/aromatic N) is 2. The van der Waals surface area contributed by atoms with E-state index < -0.39 is 70.9 Å². The van der Waals surface area contributed by atoms with Gasteiger partial charge in [0.25, 0.3) is 5.78 Å². The lowest BCUT2D eigenvalue weighted by Crippen LogP contribution is -2.59. The van der Waals surface area contributed by atoms with Gasteiger partial charge in [0.1, 0.15) is 29.1 Å². The van der Waals surface area contributed by atoms with Crippen LogP contribution in [0.1, 0.15) is 65.0 Å². The fourth-order valence-electron chi connectivity index (χ4n) is 5.25. The Kier molecular flexibility index (Phi) is 14.9. The summed E-state index contributed by atoms with van der Waals surface area (Å²) >= 11 is 1.43. The minimum atomic E-state index is -1.40. The number of ether oxygens (including phenoxy) is 2. The molecular formula is C37H51N5O8S. The van der Waals surface area contributed by atoms with Crippen molar-refractivity contribution in [3.63, 3.8) is 0 Å². The SMILES string of the molecule is CC(C)OC(=O)C(=O)[C@H](Cc1ccccc1)C(=O)N[C@H]1CS[C@H](c2ccccc2)N1C(=O)[C@@H](NC(=O)N(C)CCNC(=O)OC(C)(C)C)C(C)C. The van der Waals surface area contributed by atoms with Crippen molar-refractivity contribution in [1.82, 2.24) is 25.8 Å². The number of likely N-dealkylation sites (N-methyl/N-ethyl adjacent to an activating group) is 1. The molecule has 1 aliphatic rings. The number of benzene rings is 2. The summed E-state index contributed by atoms with van der Waals surface area (Å²) in [6, 6.07) is 16.6. The summed E-state index contributed by atoms with van der Waals surface area (Å²) in [5, 5.41) is 7.81. The fourth-order valence-corrected chi connectivity index (χ4v) is 6.62. The maximum Gasteiger partial charge on any atom is 0.407 e. The minimum absolute atomic E-state index is 0.0472. The second-order valence-electron chi connectivity index (χ2n) is 13.9. The molecule has 2 aromatic carbocycles. The van der Waals surface area contributed by atoms with Crippen molar-refractivity contribution in [2.24, 2.45) is 11.8 Å². The number of thioether (sulfide) groups is 1. The van der Waals surface area contributed by atoms with E-state index in [4.69, 9.17) is 9.47 Å². The first-order chi connectivity index (χ1) is 24.0. The number of hydrogen-bond acceptors (Lipinski definition) is 9. The van der Waals surface area contributed by atoms with E-state index in [-0.39, 0.29) is 31.2 Å². The molecule has 0 aromatic heterocycles. The number of carbonyl (C=O) groups excluding carboxylic acids is 6. The van der Waals surface area contributed by atoms with E-state index >= 15 is 0 Å². The monoisotopic (exact) mass is 725 g/mol. The highest BCUT2D eigenvalue weighted by molar-refractivity contribution is 7.99. The molecule has 0 saturated carbocycles. The number of esters is 1. The highest BCUT2D eigenvalue weighted by atomic mass is 32.2. The zero-order chi connectivity index (χ0) is 37.9. The summed E-state index contributed by atoms with van der Waals surface area (Å²) in [4.78, 5) is 82.7. The average molecular weight is 726 g/mol. The van der Waals surface area contributed by atoms with Gasteiger partial charge in [0.05, 0.1) is 6.10 Å². The summed E-state index contributed by atoms with van der Waals surface area (Å²) in [5.41, 5.74) is 0.815. The van der Waals surface area contributed by atoms with Gasteiger partial charge in [-0.1, -0.05) is 74.5 Å². The van der Waals surface area contributed by atoms with Crippen molar-refractivity contribution in [2.75, 3.05) is 25.9 Å². The van der Waals surface area contributed by atoms with Crippen LogP contribution in [0.2, 0.25) is 0 Å². The Morgan fingerprint density at radius 3 is 2.12 bits per heavy atom. The molecule has 1 aliphatic heterocycles. The van der Waals surface area contributed by atoms with Crippen LogP contribution in [0.4, 0.5) is 9.59 Å². The summed E-state index contributed by atoms with van der Waals surface area (Å²) < 4.78 is 10.4. The molecule has 1 heterocycles. The zero-order valence-electron chi connectivity index (χ0n) is 30.6. The van der Waals surface area contributed by atoms with Gasteiger partial charge in [-0.2, -0.15) is 0 Å². The Morgan fingerprint density at radius 1 is 0.941 bits per heavy atom. The van der Waals surface area contributed by atoms with E-state index in [9.17, 15) is 28.8 Å². The molecule has 0 radical (unpaired) electrons. The Labute approximate surface area is 304 Å². The second kappa shape index (κ2) is 18.6. The summed E-state index contributed by atoms with van der Waals surface area (Å²) in [6.45, 7) is 12.3. The summed E-state index contributed by atoms with van der Waals surface area (Å²) in [7, 11) is 1.55. The van der Waals surface area contributed by atoms with E-state index in [0.717, 1.165) is 5.56 Å². The van der Waals surface area contributed by atoms with Gasteiger partial charge in [-0.3, -0.25) is 14.4 Å². The van der Waals surface area contributed by atoms with Crippen molar-refractivity contribution in [3.8, 4) is 0 Å². The zero-order valence-corrected chi connectivity index (χ0v) is 31.5. The average Bonchev–Trinajstić information content (AvgIpc) is 3.48. The van der Waals surface area contributed by atoms with Gasteiger partial charge in [0.2, 0.25) is 11.8 Å². The molecule has 0 aliphatic carbocycles. The molecule has 5 amide bonds. The molecule has 14 heteroatoms. The van der Waals surface area contributed by atoms with Crippen LogP contribution < -0.4 is 16.0 Å². The lowest BCUT2D eigenvalue weighted by molar-refractivity contribution is -0.160. The number of amides is 5. The van der Waals surface area contributed by atoms with Crippen LogP contribution in [0.5, 0.6) is 0 Å². The van der Waals surface area contributed by atoms with Crippen LogP contribution >= 0.6 is 11.8 Å². The largest absolute Gasteiger partial charge is 0.457 e. The van der Waals surface area contributed by atoms with Crippen LogP contribution in [0.25, 0.3) is 0 Å². The Morgan fingerprint density at radius 2 is 1.55 bits per heavy atom. The first kappa shape index (κ1) is 40.8. The van der Waals surface area contributed by atoms with Crippen molar-refractivity contribution in [3.05, 3.63) is 71.8 Å². The number of carbonyl (C=O) groups is 6. The Bertz CT molecular complexity index is 1520. The van der Waals surface area contributed by atoms with Gasteiger partial charge in [0.15, 0.2) is 0 Å². The third-order valence-electron chi connectivity index (χ3n) is 7.78. The van der Waals surface area contributed by atoms with Gasteiger partial charge in [-0.15, -0.1) is 11.8 Å². The van der Waals surface area contributed by atoms with Gasteiger partial charge < -0.3 is 35.2 Å². The van der Waals surface area contributed by atoms with Crippen LogP contribution in [0, 0.1) is 11.8 Å². The van der Waals surface area contributed by atoms with Crippen molar-refractivity contribution < 1.29 is 38.2 Å². The van der Waals surface area contributed by atoms with E-state index in [0.29, 0.717) is 5.56 Å². The van der Waals surface area contributed by atoms with Crippen LogP contribution in [0.3, 0.4) is 0 Å². The van der Waals surface area contributed by atoms with Gasteiger partial charge in [-0.05, 0) is 58.1 Å². The molecule has 3 N–H and O–H groups in total. The second-order valence-corrected chi connectivity index (χ2v) is 15.1. The predicted molar refractivity (Wildman–Crippen MR) is 194 cm³/mol. The van der Waals surface area contributed by atoms with E-state index in [1.54, 1.807) is 85.8 Å². The highest BCUT2D eigenvalue weighted by Crippen LogP contribution is 2.41. The van der Waals surface area contributed by atoms with Gasteiger partial charge >= 0.3 is 18.1 Å². The summed E-state index contributed by atoms with van der Waals surface area (Å²) in [6.07, 6.45) is -2.09. The van der Waals surface area contributed by atoms with Crippen molar-refractivity contribution >= 4 is 47.5 Å². The maximum atomic E-state index is 14.5. The maximum absolute atomic E-state index is 14.5. The fraction of sp³-hybridized carbons (Fsp3) is 0.514. The minimum Gasteiger partial charge on any atom is -0.457 e. The van der Waals surface area contributed by atoms with Crippen molar-refractivity contribution in [1.29, 1.82) is 0 Å². The number of Topliss-reactive ketones (excluding diaryl/α,β-unsaturated/α-hetero) is 1. The van der Waals surface area contributed by atoms with E-state index in [1.807, 2.05) is 30.3 Å². The highest BCUT2D eigenvalue weighted by Gasteiger charge is 2.44. The first-order valence-electron chi connectivity index (χ1n) is 17.0. The van der Waals surface area contributed by atoms with Crippen molar-refractivity contribution in [2.45, 2.75) is 84.2 Å². The normalized spacial score (nSPS) is 16.9. The van der Waals surface area contributed by atoms with Crippen LogP contribution in [-0.4, -0.2) is 95.3 Å². The molecule has 278 valence electrons. The molecule has 0 spiro atoms. The Balaban J connectivity index is 1.84. The molecule has 3 rings (SSSR count). The van der Waals surface area contributed by atoms with Crippen LogP contribution in [-0.2, 0) is 35.1 Å². The third-order valence-corrected chi connectivity index (χ3v) is 9.11. The molecule has 0 bridgehead atoms. The number of hydrogen-bond donors (Lipinski definition) is 3. The topological polar surface area (TPSA) is 163 Å². The van der Waals surface area contributed by atoms with Gasteiger partial charge in [-0.25, -0.2) is 14.4 Å². The van der Waals surface area contributed by atoms with Gasteiger partial charge in [0, 0.05) is 25.9 Å². The van der Waals surface area contributed by atoms with E-state index in [2.05, 4.69) is 16.0 Å².